The first-order valence-corrected chi connectivity index (χ1v) is 6.24. The molecule has 15 heavy (non-hydrogen) atoms. The maximum atomic E-state index is 12.7. The molecule has 92 valence electrons. The quantitative estimate of drug-likeness (QED) is 0.650. The molecule has 1 aliphatic rings. The number of hydrogen-bond acceptors (Lipinski definition) is 1. The van der Waals surface area contributed by atoms with Gasteiger partial charge >= 0.3 is 0 Å². The van der Waals surface area contributed by atoms with Crippen LogP contribution in [0.3, 0.4) is 0 Å². The molecule has 0 amide bonds. The number of hydrogen-bond donors (Lipinski definition) is 0. The van der Waals surface area contributed by atoms with Crippen molar-refractivity contribution in [3.05, 3.63) is 0 Å². The molecule has 0 aliphatic carbocycles. The molecule has 0 spiro atoms. The van der Waals surface area contributed by atoms with Gasteiger partial charge in [0.2, 0.25) is 0 Å². The standard InChI is InChI=1S/C10H19F2N.C2H6/c1-2-3-4-7-13-8-5-10(11,12)6-9-13;1-2/h2-9H2,1H3;1-2H3. The molecule has 0 N–H and O–H groups in total. The van der Waals surface area contributed by atoms with Crippen LogP contribution < -0.4 is 0 Å². The number of piperidine rings is 1. The molecule has 1 saturated heterocycles. The molecule has 0 saturated carbocycles. The lowest BCUT2D eigenvalue weighted by Gasteiger charge is -2.31. The monoisotopic (exact) mass is 221 g/mol. The number of halogens is 2. The normalized spacial score (nSPS) is 20.6. The summed E-state index contributed by atoms with van der Waals surface area (Å²) in [6, 6.07) is 0. The SMILES string of the molecule is CC.CCCCCN1CCC(F)(F)CC1. The summed E-state index contributed by atoms with van der Waals surface area (Å²) in [5, 5.41) is 0. The first kappa shape index (κ1) is 14.8. The summed E-state index contributed by atoms with van der Waals surface area (Å²) in [6.07, 6.45) is 3.68. The van der Waals surface area contributed by atoms with Crippen LogP contribution in [0.5, 0.6) is 0 Å². The van der Waals surface area contributed by atoms with Crippen LogP contribution in [0.2, 0.25) is 0 Å². The van der Waals surface area contributed by atoms with Gasteiger partial charge in [-0.05, 0) is 13.0 Å². The third kappa shape index (κ3) is 6.82. The van der Waals surface area contributed by atoms with Crippen molar-refractivity contribution >= 4 is 0 Å². The average Bonchev–Trinajstić information content (AvgIpc) is 2.24. The van der Waals surface area contributed by atoms with E-state index in [0.717, 1.165) is 13.0 Å². The number of rotatable bonds is 4. The fraction of sp³-hybridized carbons (Fsp3) is 1.00. The molecule has 0 unspecified atom stereocenters. The van der Waals surface area contributed by atoms with Gasteiger partial charge in [-0.3, -0.25) is 0 Å². The lowest BCUT2D eigenvalue weighted by molar-refractivity contribution is -0.0552. The minimum atomic E-state index is -2.39. The van der Waals surface area contributed by atoms with E-state index >= 15 is 0 Å². The molecule has 1 aliphatic heterocycles. The Morgan fingerprint density at radius 3 is 2.07 bits per heavy atom. The van der Waals surface area contributed by atoms with Gasteiger partial charge < -0.3 is 4.90 Å². The summed E-state index contributed by atoms with van der Waals surface area (Å²) in [7, 11) is 0. The minimum Gasteiger partial charge on any atom is -0.303 e. The van der Waals surface area contributed by atoms with Crippen LogP contribution >= 0.6 is 0 Å². The van der Waals surface area contributed by atoms with Crippen LogP contribution in [-0.2, 0) is 0 Å². The van der Waals surface area contributed by atoms with Crippen molar-refractivity contribution in [3.8, 4) is 0 Å². The minimum absolute atomic E-state index is 0.0547. The van der Waals surface area contributed by atoms with E-state index < -0.39 is 5.92 Å². The molecule has 1 heterocycles. The zero-order chi connectivity index (χ0) is 11.7. The maximum Gasteiger partial charge on any atom is 0.250 e. The number of unbranched alkanes of at least 4 members (excludes halogenated alkanes) is 2. The highest BCUT2D eigenvalue weighted by molar-refractivity contribution is 4.77. The highest BCUT2D eigenvalue weighted by atomic mass is 19.3. The second kappa shape index (κ2) is 8.03. The summed E-state index contributed by atoms with van der Waals surface area (Å²) >= 11 is 0. The Kier molecular flexibility index (Phi) is 7.93. The fourth-order valence-corrected chi connectivity index (χ4v) is 1.69. The first-order chi connectivity index (χ1) is 7.14. The molecule has 0 aromatic heterocycles. The van der Waals surface area contributed by atoms with Crippen molar-refractivity contribution in [1.29, 1.82) is 0 Å². The highest BCUT2D eigenvalue weighted by Gasteiger charge is 2.33. The van der Waals surface area contributed by atoms with Crippen LogP contribution in [0.4, 0.5) is 8.78 Å². The van der Waals surface area contributed by atoms with Gasteiger partial charge in [0.1, 0.15) is 0 Å². The van der Waals surface area contributed by atoms with Gasteiger partial charge in [-0.25, -0.2) is 8.78 Å². The molecule has 0 bridgehead atoms. The molecule has 0 atom stereocenters. The third-order valence-electron chi connectivity index (χ3n) is 2.67. The van der Waals surface area contributed by atoms with Gasteiger partial charge in [-0.15, -0.1) is 0 Å². The largest absolute Gasteiger partial charge is 0.303 e. The summed E-state index contributed by atoms with van der Waals surface area (Å²) in [5.74, 6) is -2.39. The topological polar surface area (TPSA) is 3.24 Å². The van der Waals surface area contributed by atoms with E-state index in [1.54, 1.807) is 0 Å². The lowest BCUT2D eigenvalue weighted by Crippen LogP contribution is -2.39. The second-order valence-electron chi connectivity index (χ2n) is 3.90. The molecule has 0 aromatic rings. The molecular formula is C12H25F2N. The maximum absolute atomic E-state index is 12.7. The highest BCUT2D eigenvalue weighted by Crippen LogP contribution is 2.27. The van der Waals surface area contributed by atoms with Crippen LogP contribution in [0.25, 0.3) is 0 Å². The molecule has 1 nitrogen and oxygen atoms in total. The Morgan fingerprint density at radius 2 is 1.60 bits per heavy atom. The Bertz CT molecular complexity index is 139. The second-order valence-corrected chi connectivity index (χ2v) is 3.90. The number of likely N-dealkylation sites (tertiary alicyclic amines) is 1. The van der Waals surface area contributed by atoms with Crippen molar-refractivity contribution in [3.63, 3.8) is 0 Å². The molecular weight excluding hydrogens is 196 g/mol. The van der Waals surface area contributed by atoms with Crippen LogP contribution in [0, 0.1) is 0 Å². The average molecular weight is 221 g/mol. The smallest absolute Gasteiger partial charge is 0.250 e. The Morgan fingerprint density at radius 1 is 1.07 bits per heavy atom. The van der Waals surface area contributed by atoms with E-state index in [1.165, 1.54) is 12.8 Å². The van der Waals surface area contributed by atoms with E-state index in [0.29, 0.717) is 13.1 Å². The fourth-order valence-electron chi connectivity index (χ4n) is 1.69. The van der Waals surface area contributed by atoms with Gasteiger partial charge in [0.15, 0.2) is 0 Å². The van der Waals surface area contributed by atoms with Gasteiger partial charge in [-0.2, -0.15) is 0 Å². The van der Waals surface area contributed by atoms with E-state index in [4.69, 9.17) is 0 Å². The Labute approximate surface area is 92.8 Å². The molecule has 1 rings (SSSR count). The Balaban J connectivity index is 0.000000921. The van der Waals surface area contributed by atoms with Crippen LogP contribution in [0.1, 0.15) is 52.9 Å². The lowest BCUT2D eigenvalue weighted by atomic mass is 10.1. The summed E-state index contributed by atoms with van der Waals surface area (Å²) in [5.41, 5.74) is 0. The van der Waals surface area contributed by atoms with Crippen molar-refractivity contribution in [2.45, 2.75) is 58.8 Å². The summed E-state index contributed by atoms with van der Waals surface area (Å²) < 4.78 is 25.5. The van der Waals surface area contributed by atoms with E-state index in [2.05, 4.69) is 11.8 Å². The van der Waals surface area contributed by atoms with Crippen molar-refractivity contribution < 1.29 is 8.78 Å². The van der Waals surface area contributed by atoms with Gasteiger partial charge in [0.25, 0.3) is 5.92 Å². The predicted octanol–water partition coefficient (Wildman–Crippen LogP) is 3.93. The van der Waals surface area contributed by atoms with Crippen molar-refractivity contribution in [2.24, 2.45) is 0 Å². The first-order valence-electron chi connectivity index (χ1n) is 6.24. The summed E-state index contributed by atoms with van der Waals surface area (Å²) in [4.78, 5) is 2.16. The summed E-state index contributed by atoms with van der Waals surface area (Å²) in [6.45, 7) is 8.32. The van der Waals surface area contributed by atoms with Gasteiger partial charge in [0, 0.05) is 25.9 Å². The van der Waals surface area contributed by atoms with E-state index in [9.17, 15) is 8.78 Å². The van der Waals surface area contributed by atoms with Gasteiger partial charge in [0.05, 0.1) is 0 Å². The molecule has 0 aromatic carbocycles. The van der Waals surface area contributed by atoms with E-state index in [1.807, 2.05) is 13.8 Å². The third-order valence-corrected chi connectivity index (χ3v) is 2.67. The van der Waals surface area contributed by atoms with Crippen LogP contribution in [0.15, 0.2) is 0 Å². The van der Waals surface area contributed by atoms with Gasteiger partial charge in [-0.1, -0.05) is 33.6 Å². The molecule has 0 radical (unpaired) electrons. The Hall–Kier alpha value is -0.180. The van der Waals surface area contributed by atoms with E-state index in [-0.39, 0.29) is 12.8 Å². The molecule has 1 fully saturated rings. The zero-order valence-corrected chi connectivity index (χ0v) is 10.4. The zero-order valence-electron chi connectivity index (χ0n) is 10.4. The number of alkyl halides is 2. The van der Waals surface area contributed by atoms with Crippen LogP contribution in [-0.4, -0.2) is 30.5 Å². The predicted molar refractivity (Wildman–Crippen MR) is 61.5 cm³/mol. The number of nitrogens with zero attached hydrogens (tertiary/aromatic N) is 1. The molecule has 3 heteroatoms. The van der Waals surface area contributed by atoms with Crippen molar-refractivity contribution in [1.82, 2.24) is 4.90 Å². The van der Waals surface area contributed by atoms with Crippen molar-refractivity contribution in [2.75, 3.05) is 19.6 Å².